The highest BCUT2D eigenvalue weighted by Gasteiger charge is 2.28. The highest BCUT2D eigenvalue weighted by atomic mass is 19.1. The standard InChI is InChI=1S/C26H30FN3O2/c1-26(2,3)21-12-9-18(10-13-21)11-14-23(31)30-15-5-7-20(17-30)25-28-24(29-32-25)19-6-4-8-22(27)16-19/h4,6,8-10,12-13,16,20H,5,7,11,14-15,17H2,1-3H3. The maximum atomic E-state index is 13.5. The number of amides is 1. The third-order valence-electron chi connectivity index (χ3n) is 6.10. The number of halogens is 1. The van der Waals surface area contributed by atoms with Crippen molar-refractivity contribution in [3.8, 4) is 11.4 Å². The molecule has 3 aromatic rings. The van der Waals surface area contributed by atoms with Crippen LogP contribution in [0.15, 0.2) is 53.1 Å². The minimum Gasteiger partial charge on any atom is -0.342 e. The Labute approximate surface area is 188 Å². The second kappa shape index (κ2) is 9.23. The Morgan fingerprint density at radius 2 is 1.97 bits per heavy atom. The van der Waals surface area contributed by atoms with Gasteiger partial charge in [-0.15, -0.1) is 0 Å². The number of aromatic nitrogens is 2. The molecule has 0 saturated carbocycles. The fourth-order valence-electron chi connectivity index (χ4n) is 4.13. The molecule has 6 heteroatoms. The molecule has 1 aromatic heterocycles. The first kappa shape index (κ1) is 22.2. The molecule has 0 radical (unpaired) electrons. The summed E-state index contributed by atoms with van der Waals surface area (Å²) < 4.78 is 19.0. The number of piperidine rings is 1. The molecule has 1 saturated heterocycles. The Bertz CT molecular complexity index is 1070. The molecule has 1 aliphatic rings. The molecular weight excluding hydrogens is 405 g/mol. The summed E-state index contributed by atoms with van der Waals surface area (Å²) in [5.74, 6) is 0.713. The lowest BCUT2D eigenvalue weighted by Gasteiger charge is -2.31. The first-order valence-corrected chi connectivity index (χ1v) is 11.3. The fraction of sp³-hybridized carbons (Fsp3) is 0.423. The number of benzene rings is 2. The van der Waals surface area contributed by atoms with Crippen LogP contribution in [0.25, 0.3) is 11.4 Å². The normalized spacial score (nSPS) is 16.9. The quantitative estimate of drug-likeness (QED) is 0.530. The van der Waals surface area contributed by atoms with E-state index in [0.717, 1.165) is 25.8 Å². The van der Waals surface area contributed by atoms with Crippen LogP contribution in [0, 0.1) is 5.82 Å². The van der Waals surface area contributed by atoms with E-state index in [0.29, 0.717) is 30.2 Å². The van der Waals surface area contributed by atoms with Crippen LogP contribution in [0.5, 0.6) is 0 Å². The van der Waals surface area contributed by atoms with Crippen LogP contribution >= 0.6 is 0 Å². The number of likely N-dealkylation sites (tertiary alicyclic amines) is 1. The molecule has 1 atom stereocenters. The molecule has 0 N–H and O–H groups in total. The molecule has 5 nitrogen and oxygen atoms in total. The van der Waals surface area contributed by atoms with E-state index in [1.165, 1.54) is 23.3 Å². The van der Waals surface area contributed by atoms with E-state index >= 15 is 0 Å². The molecule has 168 valence electrons. The number of aryl methyl sites for hydroxylation is 1. The lowest BCUT2D eigenvalue weighted by Crippen LogP contribution is -2.39. The summed E-state index contributed by atoms with van der Waals surface area (Å²) in [5, 5.41) is 4.02. The molecule has 0 spiro atoms. The van der Waals surface area contributed by atoms with Crippen LogP contribution in [0.4, 0.5) is 4.39 Å². The number of carbonyl (C=O) groups excluding carboxylic acids is 1. The van der Waals surface area contributed by atoms with Crippen LogP contribution in [0.2, 0.25) is 0 Å². The predicted octanol–water partition coefficient (Wildman–Crippen LogP) is 5.51. The number of nitrogens with zero attached hydrogens (tertiary/aromatic N) is 3. The van der Waals surface area contributed by atoms with E-state index in [1.807, 2.05) is 4.90 Å². The second-order valence-corrected chi connectivity index (χ2v) is 9.59. The lowest BCUT2D eigenvalue weighted by atomic mass is 9.86. The van der Waals surface area contributed by atoms with Gasteiger partial charge in [-0.3, -0.25) is 4.79 Å². The smallest absolute Gasteiger partial charge is 0.231 e. The van der Waals surface area contributed by atoms with E-state index in [1.54, 1.807) is 12.1 Å². The van der Waals surface area contributed by atoms with Crippen molar-refractivity contribution in [2.24, 2.45) is 0 Å². The fourth-order valence-corrected chi connectivity index (χ4v) is 4.13. The minimum atomic E-state index is -0.337. The number of rotatable bonds is 5. The third-order valence-corrected chi connectivity index (χ3v) is 6.10. The van der Waals surface area contributed by atoms with Gasteiger partial charge in [0.25, 0.3) is 0 Å². The van der Waals surface area contributed by atoms with Crippen molar-refractivity contribution in [2.45, 2.75) is 57.8 Å². The van der Waals surface area contributed by atoms with Crippen molar-refractivity contribution in [3.63, 3.8) is 0 Å². The third kappa shape index (κ3) is 5.23. The topological polar surface area (TPSA) is 59.2 Å². The summed E-state index contributed by atoms with van der Waals surface area (Å²) in [6, 6.07) is 14.7. The van der Waals surface area contributed by atoms with Crippen molar-refractivity contribution in [1.29, 1.82) is 0 Å². The summed E-state index contributed by atoms with van der Waals surface area (Å²) in [4.78, 5) is 19.2. The Kier molecular flexibility index (Phi) is 6.40. The average Bonchev–Trinajstić information content (AvgIpc) is 3.28. The molecular formula is C26H30FN3O2. The van der Waals surface area contributed by atoms with Crippen molar-refractivity contribution < 1.29 is 13.7 Å². The molecule has 2 heterocycles. The molecule has 32 heavy (non-hydrogen) atoms. The van der Waals surface area contributed by atoms with Gasteiger partial charge in [0.15, 0.2) is 0 Å². The van der Waals surface area contributed by atoms with Crippen molar-refractivity contribution in [3.05, 3.63) is 71.4 Å². The largest absolute Gasteiger partial charge is 0.342 e. The van der Waals surface area contributed by atoms with Crippen LogP contribution < -0.4 is 0 Å². The van der Waals surface area contributed by atoms with E-state index < -0.39 is 0 Å². The van der Waals surface area contributed by atoms with Gasteiger partial charge in [0.1, 0.15) is 5.82 Å². The maximum absolute atomic E-state index is 13.5. The molecule has 0 aliphatic carbocycles. The average molecular weight is 436 g/mol. The van der Waals surface area contributed by atoms with Crippen molar-refractivity contribution >= 4 is 5.91 Å². The zero-order valence-electron chi connectivity index (χ0n) is 19.0. The van der Waals surface area contributed by atoms with Crippen molar-refractivity contribution in [1.82, 2.24) is 15.0 Å². The van der Waals surface area contributed by atoms with Gasteiger partial charge in [0, 0.05) is 25.1 Å². The van der Waals surface area contributed by atoms with E-state index in [4.69, 9.17) is 4.52 Å². The zero-order chi connectivity index (χ0) is 22.7. The molecule has 2 aromatic carbocycles. The van der Waals surface area contributed by atoms with Crippen LogP contribution in [0.3, 0.4) is 0 Å². The summed E-state index contributed by atoms with van der Waals surface area (Å²) in [7, 11) is 0. The molecule has 1 unspecified atom stereocenters. The Hall–Kier alpha value is -3.02. The predicted molar refractivity (Wildman–Crippen MR) is 122 cm³/mol. The molecule has 1 aliphatic heterocycles. The first-order chi connectivity index (χ1) is 15.3. The van der Waals surface area contributed by atoms with Gasteiger partial charge in [-0.25, -0.2) is 4.39 Å². The number of hydrogen-bond donors (Lipinski definition) is 0. The van der Waals surface area contributed by atoms with Crippen molar-refractivity contribution in [2.75, 3.05) is 13.1 Å². The maximum Gasteiger partial charge on any atom is 0.231 e. The van der Waals surface area contributed by atoms with Gasteiger partial charge in [0.05, 0.1) is 5.92 Å². The molecule has 1 amide bonds. The SMILES string of the molecule is CC(C)(C)c1ccc(CCC(=O)N2CCCC(c3nc(-c4cccc(F)c4)no3)C2)cc1. The Morgan fingerprint density at radius 3 is 2.69 bits per heavy atom. The van der Waals surface area contributed by atoms with E-state index in [2.05, 4.69) is 55.2 Å². The van der Waals surface area contributed by atoms with Gasteiger partial charge >= 0.3 is 0 Å². The van der Waals surface area contributed by atoms with Gasteiger partial charge in [-0.1, -0.05) is 62.3 Å². The molecule has 4 rings (SSSR count). The Balaban J connectivity index is 1.35. The number of carbonyl (C=O) groups is 1. The first-order valence-electron chi connectivity index (χ1n) is 11.3. The van der Waals surface area contributed by atoms with Crippen LogP contribution in [-0.4, -0.2) is 34.0 Å². The van der Waals surface area contributed by atoms with Crippen LogP contribution in [0.1, 0.15) is 63.0 Å². The monoisotopic (exact) mass is 435 g/mol. The summed E-state index contributed by atoms with van der Waals surface area (Å²) >= 11 is 0. The van der Waals surface area contributed by atoms with E-state index in [9.17, 15) is 9.18 Å². The highest BCUT2D eigenvalue weighted by molar-refractivity contribution is 5.76. The zero-order valence-corrected chi connectivity index (χ0v) is 19.0. The summed E-state index contributed by atoms with van der Waals surface area (Å²) in [6.45, 7) is 7.92. The second-order valence-electron chi connectivity index (χ2n) is 9.59. The summed E-state index contributed by atoms with van der Waals surface area (Å²) in [5.41, 5.74) is 3.18. The van der Waals surface area contributed by atoms with E-state index in [-0.39, 0.29) is 23.1 Å². The van der Waals surface area contributed by atoms with Gasteiger partial charge in [-0.05, 0) is 47.9 Å². The molecule has 1 fully saturated rings. The number of hydrogen-bond acceptors (Lipinski definition) is 4. The lowest BCUT2D eigenvalue weighted by molar-refractivity contribution is -0.132. The van der Waals surface area contributed by atoms with Gasteiger partial charge in [-0.2, -0.15) is 4.98 Å². The Morgan fingerprint density at radius 1 is 1.19 bits per heavy atom. The summed E-state index contributed by atoms with van der Waals surface area (Å²) in [6.07, 6.45) is 3.01. The van der Waals surface area contributed by atoms with Gasteiger partial charge in [0.2, 0.25) is 17.6 Å². The van der Waals surface area contributed by atoms with Crippen LogP contribution in [-0.2, 0) is 16.6 Å². The van der Waals surface area contributed by atoms with Gasteiger partial charge < -0.3 is 9.42 Å². The highest BCUT2D eigenvalue weighted by Crippen LogP contribution is 2.28. The minimum absolute atomic E-state index is 0.00794. The molecule has 0 bridgehead atoms.